The van der Waals surface area contributed by atoms with E-state index in [-0.39, 0.29) is 5.60 Å². The molecule has 1 rings (SSSR count). The molecule has 120 valence electrons. The van der Waals surface area contributed by atoms with Crippen LogP contribution in [0.15, 0.2) is 18.2 Å². The second-order valence-corrected chi connectivity index (χ2v) is 6.15. The lowest BCUT2D eigenvalue weighted by molar-refractivity contribution is 0.0583. The molecule has 0 aliphatic heterocycles. The zero-order valence-corrected chi connectivity index (χ0v) is 15.6. The van der Waals surface area contributed by atoms with E-state index in [2.05, 4.69) is 13.8 Å². The summed E-state index contributed by atoms with van der Waals surface area (Å²) in [6.07, 6.45) is 8.31. The van der Waals surface area contributed by atoms with Gasteiger partial charge in [0.25, 0.3) is 0 Å². The summed E-state index contributed by atoms with van der Waals surface area (Å²) in [5.74, 6) is -0.926. The van der Waals surface area contributed by atoms with Crippen LogP contribution in [-0.4, -0.2) is 16.1 Å². The van der Waals surface area contributed by atoms with Crippen LogP contribution in [0.5, 0.6) is 0 Å². The first kappa shape index (κ1) is 18.3. The number of halogens is 2. The molecular formula is C17H28F2OSi. The van der Waals surface area contributed by atoms with E-state index in [0.29, 0.717) is 12.0 Å². The van der Waals surface area contributed by atoms with E-state index in [9.17, 15) is 8.78 Å². The van der Waals surface area contributed by atoms with E-state index in [1.165, 1.54) is 6.07 Å². The molecular weight excluding hydrogens is 286 g/mol. The molecule has 0 saturated heterocycles. The summed E-state index contributed by atoms with van der Waals surface area (Å²) < 4.78 is 32.1. The molecule has 0 bridgehead atoms. The third kappa shape index (κ3) is 5.87. The molecule has 21 heavy (non-hydrogen) atoms. The van der Waals surface area contributed by atoms with Crippen molar-refractivity contribution in [3.63, 3.8) is 0 Å². The molecule has 0 aliphatic carbocycles. The Morgan fingerprint density at radius 2 is 1.71 bits per heavy atom. The van der Waals surface area contributed by atoms with Crippen LogP contribution < -0.4 is 0 Å². The van der Waals surface area contributed by atoms with Crippen molar-refractivity contribution in [3.05, 3.63) is 35.4 Å². The van der Waals surface area contributed by atoms with E-state index in [1.807, 2.05) is 0 Å². The van der Waals surface area contributed by atoms with E-state index in [0.717, 1.165) is 61.5 Å². The van der Waals surface area contributed by atoms with Gasteiger partial charge in [0.15, 0.2) is 0 Å². The quantitative estimate of drug-likeness (QED) is 0.462. The fourth-order valence-corrected chi connectivity index (χ4v) is 3.62. The van der Waals surface area contributed by atoms with Gasteiger partial charge in [0, 0.05) is 6.07 Å². The van der Waals surface area contributed by atoms with Gasteiger partial charge >= 0.3 is 0 Å². The minimum Gasteiger partial charge on any atom is -0.422 e. The van der Waals surface area contributed by atoms with Crippen LogP contribution in [-0.2, 0) is 10.8 Å². The van der Waals surface area contributed by atoms with E-state index >= 15 is 0 Å². The summed E-state index contributed by atoms with van der Waals surface area (Å²) in [5, 5.41) is 0. The largest absolute Gasteiger partial charge is 0.422 e. The third-order valence-corrected chi connectivity index (χ3v) is 5.43. The molecule has 0 atom stereocenters. The lowest BCUT2D eigenvalue weighted by Gasteiger charge is -2.31. The Bertz CT molecular complexity index is 411. The highest BCUT2D eigenvalue weighted by molar-refractivity contribution is 5.98. The Kier molecular flexibility index (Phi) is 8.12. The fraction of sp³-hybridized carbons (Fsp3) is 0.647. The Labute approximate surface area is 130 Å². The van der Waals surface area contributed by atoms with E-state index in [4.69, 9.17) is 4.43 Å². The van der Waals surface area contributed by atoms with Crippen molar-refractivity contribution in [2.24, 2.45) is 0 Å². The third-order valence-electron chi connectivity index (χ3n) is 4.57. The van der Waals surface area contributed by atoms with Gasteiger partial charge in [-0.1, -0.05) is 39.2 Å². The van der Waals surface area contributed by atoms with Crippen LogP contribution in [0.4, 0.5) is 8.78 Å². The molecule has 1 aromatic carbocycles. The molecule has 1 nitrogen and oxygen atoms in total. The minimum absolute atomic E-state index is 0.0925. The topological polar surface area (TPSA) is 9.23 Å². The zero-order valence-electron chi connectivity index (χ0n) is 13.6. The van der Waals surface area contributed by atoms with Crippen LogP contribution in [0, 0.1) is 11.6 Å². The number of aryl methyl sites for hydroxylation is 1. The lowest BCUT2D eigenvalue weighted by atomic mass is 9.90. The molecule has 0 heterocycles. The van der Waals surface area contributed by atoms with Crippen LogP contribution in [0.25, 0.3) is 0 Å². The van der Waals surface area contributed by atoms with Crippen molar-refractivity contribution in [1.29, 1.82) is 0 Å². The van der Waals surface area contributed by atoms with Crippen LogP contribution >= 0.6 is 0 Å². The summed E-state index contributed by atoms with van der Waals surface area (Å²) in [6.45, 7) is 4.39. The molecule has 4 heteroatoms. The minimum atomic E-state index is -0.505. The monoisotopic (exact) mass is 314 g/mol. The average Bonchev–Trinajstić information content (AvgIpc) is 2.49. The van der Waals surface area contributed by atoms with Crippen molar-refractivity contribution in [3.8, 4) is 0 Å². The van der Waals surface area contributed by atoms with Gasteiger partial charge in [-0.05, 0) is 43.7 Å². The average molecular weight is 314 g/mol. The number of hydrogen-bond donors (Lipinski definition) is 0. The molecule has 1 aromatic rings. The van der Waals surface area contributed by atoms with Gasteiger partial charge in [-0.25, -0.2) is 8.78 Å². The van der Waals surface area contributed by atoms with Gasteiger partial charge < -0.3 is 4.43 Å². The number of hydrogen-bond acceptors (Lipinski definition) is 1. The molecule has 0 unspecified atom stereocenters. The van der Waals surface area contributed by atoms with Crippen molar-refractivity contribution < 1.29 is 13.2 Å². The van der Waals surface area contributed by atoms with Crippen LogP contribution in [0.2, 0.25) is 0 Å². The second-order valence-electron chi connectivity index (χ2n) is 5.74. The highest BCUT2D eigenvalue weighted by atomic mass is 28.2. The molecule has 0 N–H and O–H groups in total. The molecule has 0 amide bonds. The fourth-order valence-electron chi connectivity index (χ4n) is 2.83. The smallest absolute Gasteiger partial charge is 0.146 e. The molecule has 0 aromatic heterocycles. The van der Waals surface area contributed by atoms with Crippen molar-refractivity contribution in [2.45, 2.75) is 70.8 Å². The van der Waals surface area contributed by atoms with Crippen molar-refractivity contribution in [2.75, 3.05) is 0 Å². The molecule has 0 radical (unpaired) electrons. The predicted molar refractivity (Wildman–Crippen MR) is 87.5 cm³/mol. The maximum atomic E-state index is 13.5. The van der Waals surface area contributed by atoms with Crippen LogP contribution in [0.1, 0.15) is 64.4 Å². The van der Waals surface area contributed by atoms with Gasteiger partial charge in [-0.2, -0.15) is 0 Å². The molecule has 0 aliphatic rings. The zero-order chi connectivity index (χ0) is 15.7. The van der Waals surface area contributed by atoms with Gasteiger partial charge in [-0.3, -0.25) is 0 Å². The summed E-state index contributed by atoms with van der Waals surface area (Å²) >= 11 is 0. The van der Waals surface area contributed by atoms with E-state index in [1.54, 1.807) is 6.07 Å². The first-order valence-electron chi connectivity index (χ1n) is 8.06. The molecule has 0 saturated carbocycles. The summed E-state index contributed by atoms with van der Waals surface area (Å²) in [4.78, 5) is 0. The first-order chi connectivity index (χ1) is 10.1. The summed E-state index contributed by atoms with van der Waals surface area (Å²) in [5.41, 5.74) is 0.714. The lowest BCUT2D eigenvalue weighted by Crippen LogP contribution is -2.30. The Balaban J connectivity index is 2.23. The summed E-state index contributed by atoms with van der Waals surface area (Å²) in [7, 11) is 0.794. The molecule has 0 fully saturated rings. The van der Waals surface area contributed by atoms with Gasteiger partial charge in [0.05, 0.1) is 5.60 Å². The maximum Gasteiger partial charge on any atom is 0.146 e. The normalized spacial score (nSPS) is 12.0. The highest BCUT2D eigenvalue weighted by Gasteiger charge is 2.23. The second kappa shape index (κ2) is 9.31. The SMILES string of the molecule is CCC(CC)(CCCCCCc1ccc(F)cc1F)O[SiH3]. The first-order valence-corrected chi connectivity index (χ1v) is 8.87. The highest BCUT2D eigenvalue weighted by Crippen LogP contribution is 2.26. The Hall–Kier alpha value is -0.743. The van der Waals surface area contributed by atoms with Gasteiger partial charge in [-0.15, -0.1) is 0 Å². The van der Waals surface area contributed by atoms with E-state index < -0.39 is 11.6 Å². The maximum absolute atomic E-state index is 13.5. The Morgan fingerprint density at radius 3 is 2.29 bits per heavy atom. The Morgan fingerprint density at radius 1 is 1.05 bits per heavy atom. The molecule has 0 spiro atoms. The van der Waals surface area contributed by atoms with Crippen LogP contribution in [0.3, 0.4) is 0 Å². The predicted octanol–water partition coefficient (Wildman–Crippen LogP) is 4.31. The van der Waals surface area contributed by atoms with Gasteiger partial charge in [0.2, 0.25) is 0 Å². The number of benzene rings is 1. The van der Waals surface area contributed by atoms with Crippen molar-refractivity contribution >= 4 is 10.5 Å². The number of rotatable bonds is 10. The van der Waals surface area contributed by atoms with Crippen molar-refractivity contribution in [1.82, 2.24) is 0 Å². The standard InChI is InChI=1S/C17H28F2OSi/c1-3-17(4-2,20-21)12-8-6-5-7-9-14-10-11-15(18)13-16(14)19/h10-11,13H,3-9,12H2,1-2,21H3. The van der Waals surface area contributed by atoms with Gasteiger partial charge in [0.1, 0.15) is 22.1 Å². The number of unbranched alkanes of at least 4 members (excludes halogenated alkanes) is 3. The summed E-state index contributed by atoms with van der Waals surface area (Å²) in [6, 6.07) is 3.85.